The molecule has 0 aromatic carbocycles. The first-order valence-corrected chi connectivity index (χ1v) is 6.49. The van der Waals surface area contributed by atoms with Gasteiger partial charge in [-0.1, -0.05) is 0 Å². The van der Waals surface area contributed by atoms with Crippen LogP contribution in [0.2, 0.25) is 0 Å². The smallest absolute Gasteiger partial charge is 0.0161 e. The molecule has 0 saturated carbocycles. The van der Waals surface area contributed by atoms with Crippen molar-refractivity contribution in [1.29, 1.82) is 0 Å². The molecule has 0 amide bonds. The van der Waals surface area contributed by atoms with Crippen molar-refractivity contribution in [2.45, 2.75) is 32.2 Å². The van der Waals surface area contributed by atoms with E-state index >= 15 is 0 Å². The van der Waals surface area contributed by atoms with Gasteiger partial charge in [0, 0.05) is 12.6 Å². The summed E-state index contributed by atoms with van der Waals surface area (Å²) in [5.74, 6) is 3.72. The van der Waals surface area contributed by atoms with Crippen molar-refractivity contribution >= 4 is 11.8 Å². The van der Waals surface area contributed by atoms with Gasteiger partial charge in [-0.15, -0.1) is 0 Å². The third-order valence-electron chi connectivity index (χ3n) is 2.74. The maximum atomic E-state index is 5.53. The summed E-state index contributed by atoms with van der Waals surface area (Å²) < 4.78 is 0. The molecule has 1 saturated heterocycles. The lowest BCUT2D eigenvalue weighted by atomic mass is 9.99. The summed E-state index contributed by atoms with van der Waals surface area (Å²) in [4.78, 5) is 0. The summed E-state index contributed by atoms with van der Waals surface area (Å²) in [6.07, 6.45) is 4.18. The second kappa shape index (κ2) is 6.68. The van der Waals surface area contributed by atoms with Gasteiger partial charge in [0.15, 0.2) is 0 Å². The number of hydrogen-bond donors (Lipinski definition) is 2. The third-order valence-corrected chi connectivity index (χ3v) is 3.79. The zero-order chi connectivity index (χ0) is 9.52. The Labute approximate surface area is 86.0 Å². The van der Waals surface area contributed by atoms with Crippen LogP contribution in [-0.2, 0) is 0 Å². The maximum absolute atomic E-state index is 5.53. The second-order valence-corrected chi connectivity index (χ2v) is 5.16. The van der Waals surface area contributed by atoms with E-state index in [-0.39, 0.29) is 0 Å². The van der Waals surface area contributed by atoms with Gasteiger partial charge in [-0.25, -0.2) is 0 Å². The maximum Gasteiger partial charge on any atom is 0.0161 e. The van der Waals surface area contributed by atoms with Gasteiger partial charge in [-0.05, 0) is 50.2 Å². The van der Waals surface area contributed by atoms with Crippen LogP contribution in [0.4, 0.5) is 0 Å². The zero-order valence-corrected chi connectivity index (χ0v) is 9.41. The predicted octanol–water partition coefficient (Wildman–Crippen LogP) is 1.46. The number of nitrogens with two attached hydrogens (primary N) is 1. The van der Waals surface area contributed by atoms with Gasteiger partial charge in [-0.3, -0.25) is 0 Å². The van der Waals surface area contributed by atoms with Crippen LogP contribution in [0.5, 0.6) is 0 Å². The van der Waals surface area contributed by atoms with E-state index < -0.39 is 0 Å². The van der Waals surface area contributed by atoms with Gasteiger partial charge in [0.1, 0.15) is 0 Å². The Morgan fingerprint density at radius 3 is 2.77 bits per heavy atom. The molecule has 0 aromatic rings. The standard InChI is InChI=1S/C10H22N2S/c1-9(8-11)12-5-2-10-3-6-13-7-4-10/h9-10,12H,2-8,11H2,1H3/t9-/m0/s1. The lowest BCUT2D eigenvalue weighted by Gasteiger charge is -2.22. The molecule has 78 valence electrons. The Kier molecular flexibility index (Phi) is 5.83. The largest absolute Gasteiger partial charge is 0.329 e. The van der Waals surface area contributed by atoms with Crippen LogP contribution in [0.25, 0.3) is 0 Å². The molecule has 0 radical (unpaired) electrons. The van der Waals surface area contributed by atoms with Crippen molar-refractivity contribution in [3.05, 3.63) is 0 Å². The predicted molar refractivity (Wildman–Crippen MR) is 61.2 cm³/mol. The highest BCUT2D eigenvalue weighted by atomic mass is 32.2. The van der Waals surface area contributed by atoms with Gasteiger partial charge in [0.25, 0.3) is 0 Å². The third kappa shape index (κ3) is 4.89. The summed E-state index contributed by atoms with van der Waals surface area (Å²) in [5.41, 5.74) is 5.53. The molecule has 0 bridgehead atoms. The molecule has 0 unspecified atom stereocenters. The number of rotatable bonds is 5. The van der Waals surface area contributed by atoms with Crippen molar-refractivity contribution in [3.8, 4) is 0 Å². The molecule has 13 heavy (non-hydrogen) atoms. The van der Waals surface area contributed by atoms with Crippen molar-refractivity contribution in [3.63, 3.8) is 0 Å². The van der Waals surface area contributed by atoms with Crippen LogP contribution in [0.3, 0.4) is 0 Å². The fourth-order valence-electron chi connectivity index (χ4n) is 1.65. The van der Waals surface area contributed by atoms with E-state index in [1.807, 2.05) is 0 Å². The van der Waals surface area contributed by atoms with Gasteiger partial charge in [0.05, 0.1) is 0 Å². The molecule has 2 nitrogen and oxygen atoms in total. The SMILES string of the molecule is C[C@@H](CN)NCCC1CCSCC1. The van der Waals surface area contributed by atoms with Crippen LogP contribution in [0.1, 0.15) is 26.2 Å². The van der Waals surface area contributed by atoms with Crippen LogP contribution in [0, 0.1) is 5.92 Å². The lowest BCUT2D eigenvalue weighted by Crippen LogP contribution is -2.34. The molecule has 1 aliphatic heterocycles. The molecule has 1 fully saturated rings. The van der Waals surface area contributed by atoms with Crippen LogP contribution < -0.4 is 11.1 Å². The van der Waals surface area contributed by atoms with Crippen molar-refractivity contribution in [2.75, 3.05) is 24.6 Å². The summed E-state index contributed by atoms with van der Waals surface area (Å²) in [7, 11) is 0. The Bertz CT molecular complexity index is 124. The van der Waals surface area contributed by atoms with Gasteiger partial charge in [-0.2, -0.15) is 11.8 Å². The average Bonchev–Trinajstić information content (AvgIpc) is 2.19. The van der Waals surface area contributed by atoms with E-state index in [1.54, 1.807) is 0 Å². The Hall–Kier alpha value is 0.270. The summed E-state index contributed by atoms with van der Waals surface area (Å²) in [5, 5.41) is 3.45. The van der Waals surface area contributed by atoms with Gasteiger partial charge in [0.2, 0.25) is 0 Å². The minimum Gasteiger partial charge on any atom is -0.329 e. The van der Waals surface area contributed by atoms with Crippen LogP contribution in [0.15, 0.2) is 0 Å². The fourth-order valence-corrected chi connectivity index (χ4v) is 2.86. The highest BCUT2D eigenvalue weighted by Crippen LogP contribution is 2.24. The fraction of sp³-hybridized carbons (Fsp3) is 1.00. The van der Waals surface area contributed by atoms with E-state index in [4.69, 9.17) is 5.73 Å². The molecule has 0 aromatic heterocycles. The first-order chi connectivity index (χ1) is 6.33. The molecular weight excluding hydrogens is 180 g/mol. The lowest BCUT2D eigenvalue weighted by molar-refractivity contribution is 0.421. The quantitative estimate of drug-likeness (QED) is 0.709. The summed E-state index contributed by atoms with van der Waals surface area (Å²) in [6, 6.07) is 0.484. The topological polar surface area (TPSA) is 38.0 Å². The zero-order valence-electron chi connectivity index (χ0n) is 8.59. The first kappa shape index (κ1) is 11.3. The van der Waals surface area contributed by atoms with Crippen LogP contribution in [-0.4, -0.2) is 30.6 Å². The summed E-state index contributed by atoms with van der Waals surface area (Å²) >= 11 is 2.10. The van der Waals surface area contributed by atoms with Gasteiger partial charge >= 0.3 is 0 Å². The average molecular weight is 202 g/mol. The van der Waals surface area contributed by atoms with E-state index in [2.05, 4.69) is 24.0 Å². The summed E-state index contributed by atoms with van der Waals surface area (Å²) in [6.45, 7) is 4.05. The second-order valence-electron chi connectivity index (χ2n) is 3.94. The molecule has 3 N–H and O–H groups in total. The van der Waals surface area contributed by atoms with E-state index in [0.717, 1.165) is 19.0 Å². The molecule has 1 rings (SSSR count). The number of hydrogen-bond acceptors (Lipinski definition) is 3. The van der Waals surface area contributed by atoms with E-state index in [0.29, 0.717) is 6.04 Å². The molecular formula is C10H22N2S. The van der Waals surface area contributed by atoms with Crippen molar-refractivity contribution in [2.24, 2.45) is 11.7 Å². The Balaban J connectivity index is 1.98. The van der Waals surface area contributed by atoms with E-state index in [1.165, 1.54) is 30.8 Å². The minimum atomic E-state index is 0.484. The Morgan fingerprint density at radius 2 is 2.15 bits per heavy atom. The number of thioether (sulfide) groups is 1. The molecule has 1 aliphatic rings. The monoisotopic (exact) mass is 202 g/mol. The molecule has 0 aliphatic carbocycles. The number of nitrogens with one attached hydrogen (secondary N) is 1. The molecule has 0 spiro atoms. The van der Waals surface area contributed by atoms with E-state index in [9.17, 15) is 0 Å². The minimum absolute atomic E-state index is 0.484. The highest BCUT2D eigenvalue weighted by Gasteiger charge is 2.12. The van der Waals surface area contributed by atoms with Crippen molar-refractivity contribution < 1.29 is 0 Å². The van der Waals surface area contributed by atoms with Crippen molar-refractivity contribution in [1.82, 2.24) is 5.32 Å². The van der Waals surface area contributed by atoms with Gasteiger partial charge < -0.3 is 11.1 Å². The normalized spacial score (nSPS) is 21.7. The molecule has 1 heterocycles. The van der Waals surface area contributed by atoms with Crippen LogP contribution >= 0.6 is 11.8 Å². The Morgan fingerprint density at radius 1 is 1.46 bits per heavy atom. The first-order valence-electron chi connectivity index (χ1n) is 5.34. The molecule has 1 atom stereocenters. The highest BCUT2D eigenvalue weighted by molar-refractivity contribution is 7.99. The molecule has 3 heteroatoms.